The second kappa shape index (κ2) is 11.2. The minimum absolute atomic E-state index is 0.216. The van der Waals surface area contributed by atoms with Crippen molar-refractivity contribution in [2.75, 3.05) is 67.7 Å². The number of ether oxygens (including phenoxy) is 4. The van der Waals surface area contributed by atoms with Crippen molar-refractivity contribution in [3.05, 3.63) is 29.0 Å². The summed E-state index contributed by atoms with van der Waals surface area (Å²) < 4.78 is 21.8. The monoisotopic (exact) mass is 462 g/mol. The van der Waals surface area contributed by atoms with E-state index < -0.39 is 18.0 Å². The first-order chi connectivity index (χ1) is 15.9. The van der Waals surface area contributed by atoms with Crippen LogP contribution in [0.1, 0.15) is 24.9 Å². The number of hydrogen-bond acceptors (Lipinski definition) is 8. The highest BCUT2D eigenvalue weighted by Gasteiger charge is 2.36. The maximum atomic E-state index is 13.1. The molecule has 0 unspecified atom stereocenters. The van der Waals surface area contributed by atoms with Crippen LogP contribution in [0.2, 0.25) is 0 Å². The van der Waals surface area contributed by atoms with Gasteiger partial charge in [0.2, 0.25) is 0 Å². The predicted molar refractivity (Wildman–Crippen MR) is 123 cm³/mol. The fourth-order valence-electron chi connectivity index (χ4n) is 4.19. The van der Waals surface area contributed by atoms with Crippen molar-refractivity contribution in [1.82, 2.24) is 20.4 Å². The van der Waals surface area contributed by atoms with E-state index in [9.17, 15) is 9.59 Å². The molecule has 2 amide bonds. The third kappa shape index (κ3) is 5.69. The zero-order valence-electron chi connectivity index (χ0n) is 20.0. The molecular weight excluding hydrogens is 428 g/mol. The zero-order valence-corrected chi connectivity index (χ0v) is 20.0. The van der Waals surface area contributed by atoms with E-state index in [1.165, 1.54) is 21.3 Å². The molecule has 1 saturated heterocycles. The summed E-state index contributed by atoms with van der Waals surface area (Å²) in [5.74, 6) is 0.904. The highest BCUT2D eigenvalue weighted by Crippen LogP contribution is 2.41. The quantitative estimate of drug-likeness (QED) is 0.561. The Morgan fingerprint density at radius 3 is 2.39 bits per heavy atom. The molecule has 2 aliphatic heterocycles. The predicted octanol–water partition coefficient (Wildman–Crippen LogP) is 1.52. The maximum Gasteiger partial charge on any atom is 0.338 e. The first-order valence-corrected chi connectivity index (χ1v) is 11.1. The summed E-state index contributed by atoms with van der Waals surface area (Å²) in [4.78, 5) is 30.4. The first-order valence-electron chi connectivity index (χ1n) is 11.1. The van der Waals surface area contributed by atoms with E-state index in [4.69, 9.17) is 18.9 Å². The van der Waals surface area contributed by atoms with Gasteiger partial charge in [-0.3, -0.25) is 4.90 Å². The maximum absolute atomic E-state index is 13.1. The third-order valence-electron chi connectivity index (χ3n) is 5.89. The van der Waals surface area contributed by atoms with Gasteiger partial charge in [-0.1, -0.05) is 0 Å². The molecule has 2 heterocycles. The summed E-state index contributed by atoms with van der Waals surface area (Å²) in [5, 5.41) is 5.71. The fourth-order valence-corrected chi connectivity index (χ4v) is 4.19. The van der Waals surface area contributed by atoms with Crippen LogP contribution in [0, 0.1) is 0 Å². The van der Waals surface area contributed by atoms with Crippen molar-refractivity contribution >= 4 is 12.0 Å². The topological polar surface area (TPSA) is 102 Å². The largest absolute Gasteiger partial charge is 0.496 e. The van der Waals surface area contributed by atoms with Crippen molar-refractivity contribution in [2.24, 2.45) is 0 Å². The van der Waals surface area contributed by atoms with E-state index in [0.717, 1.165) is 32.6 Å². The molecule has 0 spiro atoms. The number of nitrogens with zero attached hydrogens (tertiary/aromatic N) is 2. The van der Waals surface area contributed by atoms with Crippen molar-refractivity contribution in [1.29, 1.82) is 0 Å². The number of likely N-dealkylation sites (N-methyl/N-ethyl adjacent to an activating group) is 1. The molecule has 0 aliphatic carbocycles. The van der Waals surface area contributed by atoms with Crippen LogP contribution in [0.3, 0.4) is 0 Å². The van der Waals surface area contributed by atoms with Gasteiger partial charge in [0, 0.05) is 37.0 Å². The molecule has 2 aliphatic rings. The lowest BCUT2D eigenvalue weighted by Gasteiger charge is -2.32. The molecular formula is C23H34N4O6. The van der Waals surface area contributed by atoms with Crippen molar-refractivity contribution in [3.63, 3.8) is 0 Å². The second-order valence-corrected chi connectivity index (χ2v) is 8.03. The molecule has 10 nitrogen and oxygen atoms in total. The van der Waals surface area contributed by atoms with Gasteiger partial charge in [-0.15, -0.1) is 0 Å². The van der Waals surface area contributed by atoms with Crippen LogP contribution in [-0.2, 0) is 9.53 Å². The van der Waals surface area contributed by atoms with Crippen LogP contribution in [0.15, 0.2) is 23.4 Å². The zero-order chi connectivity index (χ0) is 24.0. The third-order valence-corrected chi connectivity index (χ3v) is 5.89. The molecule has 0 aromatic heterocycles. The Balaban J connectivity index is 2.08. The Bertz CT molecular complexity index is 903. The molecule has 0 bridgehead atoms. The highest BCUT2D eigenvalue weighted by atomic mass is 16.5. The highest BCUT2D eigenvalue weighted by molar-refractivity contribution is 5.95. The van der Waals surface area contributed by atoms with E-state index in [0.29, 0.717) is 40.6 Å². The van der Waals surface area contributed by atoms with Crippen molar-refractivity contribution in [3.8, 4) is 17.2 Å². The smallest absolute Gasteiger partial charge is 0.338 e. The average Bonchev–Trinajstić information content (AvgIpc) is 3.01. The molecule has 1 atom stereocenters. The van der Waals surface area contributed by atoms with Gasteiger partial charge in [0.1, 0.15) is 5.75 Å². The standard InChI is InChI=1S/C23H34N4O6/c1-6-33-22(28)20-16(14-27-9-7-8-26(2)10-11-27)24-23(29)25-21(20)15-12-18(31-4)19(32-5)13-17(15)30-3/h12-13,21H,6-11,14H2,1-5H3,(H2,24,25,29)/t21-/m0/s1. The van der Waals surface area contributed by atoms with Gasteiger partial charge in [0.15, 0.2) is 11.5 Å². The molecule has 1 aromatic rings. The van der Waals surface area contributed by atoms with E-state index in [2.05, 4.69) is 27.5 Å². The van der Waals surface area contributed by atoms with Crippen molar-refractivity contribution < 1.29 is 28.5 Å². The van der Waals surface area contributed by atoms with E-state index in [-0.39, 0.29) is 6.61 Å². The first kappa shape index (κ1) is 24.7. The Morgan fingerprint density at radius 2 is 1.73 bits per heavy atom. The molecule has 1 fully saturated rings. The Hall–Kier alpha value is -2.98. The number of amides is 2. The number of nitrogens with one attached hydrogen (secondary N) is 2. The Labute approximate surface area is 194 Å². The molecule has 182 valence electrons. The minimum atomic E-state index is -0.780. The Morgan fingerprint density at radius 1 is 1.03 bits per heavy atom. The number of carbonyl (C=O) groups excluding carboxylic acids is 2. The van der Waals surface area contributed by atoms with Crippen LogP contribution < -0.4 is 24.8 Å². The van der Waals surface area contributed by atoms with Gasteiger partial charge in [0.25, 0.3) is 0 Å². The summed E-state index contributed by atoms with van der Waals surface area (Å²) in [6.07, 6.45) is 1.01. The molecule has 10 heteroatoms. The summed E-state index contributed by atoms with van der Waals surface area (Å²) in [5.41, 5.74) is 1.45. The van der Waals surface area contributed by atoms with Gasteiger partial charge in [-0.05, 0) is 39.5 Å². The summed E-state index contributed by atoms with van der Waals surface area (Å²) in [6.45, 7) is 6.04. The summed E-state index contributed by atoms with van der Waals surface area (Å²) in [7, 11) is 6.68. The molecule has 0 saturated carbocycles. The van der Waals surface area contributed by atoms with Gasteiger partial charge < -0.3 is 34.5 Å². The number of rotatable bonds is 8. The second-order valence-electron chi connectivity index (χ2n) is 8.03. The fraction of sp³-hybridized carbons (Fsp3) is 0.565. The average molecular weight is 463 g/mol. The van der Waals surface area contributed by atoms with E-state index >= 15 is 0 Å². The lowest BCUT2D eigenvalue weighted by Crippen LogP contribution is -2.48. The van der Waals surface area contributed by atoms with Crippen LogP contribution in [0.25, 0.3) is 0 Å². The van der Waals surface area contributed by atoms with Crippen LogP contribution >= 0.6 is 0 Å². The summed E-state index contributed by atoms with van der Waals surface area (Å²) >= 11 is 0. The molecule has 33 heavy (non-hydrogen) atoms. The minimum Gasteiger partial charge on any atom is -0.496 e. The van der Waals surface area contributed by atoms with Crippen LogP contribution in [0.4, 0.5) is 4.79 Å². The number of urea groups is 1. The lowest BCUT2D eigenvalue weighted by molar-refractivity contribution is -0.139. The van der Waals surface area contributed by atoms with Crippen LogP contribution in [-0.4, -0.2) is 89.5 Å². The number of carbonyl (C=O) groups is 2. The lowest BCUT2D eigenvalue weighted by atomic mass is 9.93. The Kier molecular flexibility index (Phi) is 8.40. The van der Waals surface area contributed by atoms with Crippen molar-refractivity contribution in [2.45, 2.75) is 19.4 Å². The number of methoxy groups -OCH3 is 3. The molecule has 1 aromatic carbocycles. The number of hydrogen-bond donors (Lipinski definition) is 2. The van der Waals surface area contributed by atoms with Gasteiger partial charge >= 0.3 is 12.0 Å². The summed E-state index contributed by atoms with van der Waals surface area (Å²) in [6, 6.07) is 2.21. The molecule has 0 radical (unpaired) electrons. The normalized spacial score (nSPS) is 19.9. The van der Waals surface area contributed by atoms with Crippen LogP contribution in [0.5, 0.6) is 17.2 Å². The van der Waals surface area contributed by atoms with E-state index in [1.54, 1.807) is 19.1 Å². The van der Waals surface area contributed by atoms with Gasteiger partial charge in [-0.2, -0.15) is 0 Å². The number of benzene rings is 1. The molecule has 2 N–H and O–H groups in total. The van der Waals surface area contributed by atoms with Gasteiger partial charge in [-0.25, -0.2) is 9.59 Å². The van der Waals surface area contributed by atoms with Gasteiger partial charge in [0.05, 0.1) is 39.6 Å². The number of esters is 1. The SMILES string of the molecule is CCOC(=O)C1=C(CN2CCCN(C)CC2)NC(=O)N[C@H]1c1cc(OC)c(OC)cc1OC. The van der Waals surface area contributed by atoms with E-state index in [1.807, 2.05) is 0 Å². The molecule has 3 rings (SSSR count).